The maximum atomic E-state index is 12.6. The van der Waals surface area contributed by atoms with Gasteiger partial charge in [-0.25, -0.2) is 0 Å². The molecule has 0 radical (unpaired) electrons. The Kier molecular flexibility index (Phi) is 4.94. The van der Waals surface area contributed by atoms with E-state index in [1.54, 1.807) is 12.1 Å². The third-order valence-corrected chi connectivity index (χ3v) is 4.62. The van der Waals surface area contributed by atoms with E-state index in [2.05, 4.69) is 11.8 Å². The molecule has 1 aliphatic carbocycles. The molecule has 1 saturated carbocycles. The summed E-state index contributed by atoms with van der Waals surface area (Å²) in [5, 5.41) is 0. The molecular weight excluding hydrogens is 277 g/mol. The maximum absolute atomic E-state index is 12.6. The molecule has 118 valence electrons. The summed E-state index contributed by atoms with van der Waals surface area (Å²) >= 11 is 0. The van der Waals surface area contributed by atoms with Crippen LogP contribution in [0.4, 0.5) is 13.2 Å². The summed E-state index contributed by atoms with van der Waals surface area (Å²) in [6, 6.07) is 5.47. The first-order chi connectivity index (χ1) is 9.91. The fourth-order valence-electron chi connectivity index (χ4n) is 3.32. The van der Waals surface area contributed by atoms with Gasteiger partial charge in [-0.2, -0.15) is 13.2 Å². The Labute approximate surface area is 124 Å². The highest BCUT2D eigenvalue weighted by Crippen LogP contribution is 2.35. The van der Waals surface area contributed by atoms with Crippen LogP contribution in [0.25, 0.3) is 0 Å². The zero-order chi connectivity index (χ0) is 15.5. The minimum atomic E-state index is -4.27. The maximum Gasteiger partial charge on any atom is 0.416 e. The molecule has 1 fully saturated rings. The second kappa shape index (κ2) is 6.36. The Morgan fingerprint density at radius 1 is 1.14 bits per heavy atom. The molecule has 2 rings (SSSR count). The molecule has 0 aromatic heterocycles. The van der Waals surface area contributed by atoms with Crippen LogP contribution in [0.15, 0.2) is 24.3 Å². The van der Waals surface area contributed by atoms with E-state index in [0.29, 0.717) is 13.1 Å². The van der Waals surface area contributed by atoms with Crippen LogP contribution in [0.2, 0.25) is 0 Å². The molecular formula is C16H23F3N2. The van der Waals surface area contributed by atoms with E-state index >= 15 is 0 Å². The Morgan fingerprint density at radius 2 is 1.71 bits per heavy atom. The molecule has 21 heavy (non-hydrogen) atoms. The van der Waals surface area contributed by atoms with E-state index in [9.17, 15) is 13.2 Å². The first kappa shape index (κ1) is 16.3. The van der Waals surface area contributed by atoms with Crippen LogP contribution in [-0.2, 0) is 12.7 Å². The Bertz CT molecular complexity index is 448. The van der Waals surface area contributed by atoms with E-state index in [1.807, 2.05) is 0 Å². The molecule has 1 aromatic rings. The Hall–Kier alpha value is -1.07. The molecule has 5 heteroatoms. The number of halogens is 3. The van der Waals surface area contributed by atoms with Crippen LogP contribution in [-0.4, -0.2) is 23.5 Å². The van der Waals surface area contributed by atoms with Crippen LogP contribution in [0.1, 0.15) is 43.7 Å². The molecule has 0 aliphatic heterocycles. The second-order valence-corrected chi connectivity index (χ2v) is 5.84. The molecule has 2 nitrogen and oxygen atoms in total. The highest BCUT2D eigenvalue weighted by molar-refractivity contribution is 5.24. The van der Waals surface area contributed by atoms with E-state index < -0.39 is 11.7 Å². The smallest absolute Gasteiger partial charge is 0.329 e. The lowest BCUT2D eigenvalue weighted by Crippen LogP contribution is -2.51. The summed E-state index contributed by atoms with van der Waals surface area (Å²) in [5.74, 6) is 0. The summed E-state index contributed by atoms with van der Waals surface area (Å²) in [4.78, 5) is 2.32. The van der Waals surface area contributed by atoms with Gasteiger partial charge in [-0.05, 0) is 37.1 Å². The molecule has 0 unspecified atom stereocenters. The Balaban J connectivity index is 2.12. The van der Waals surface area contributed by atoms with Gasteiger partial charge in [-0.1, -0.05) is 31.9 Å². The number of nitrogens with two attached hydrogens (primary N) is 1. The summed E-state index contributed by atoms with van der Waals surface area (Å²) < 4.78 is 37.7. The third-order valence-electron chi connectivity index (χ3n) is 4.62. The normalized spacial score (nSPS) is 18.4. The predicted octanol–water partition coefficient (Wildman–Crippen LogP) is 3.80. The Morgan fingerprint density at radius 3 is 2.14 bits per heavy atom. The molecule has 0 heterocycles. The number of hydrogen-bond donors (Lipinski definition) is 1. The summed E-state index contributed by atoms with van der Waals surface area (Å²) in [6.45, 7) is 4.21. The largest absolute Gasteiger partial charge is 0.416 e. The molecule has 0 amide bonds. The molecule has 0 spiro atoms. The highest BCUT2D eigenvalue weighted by atomic mass is 19.4. The zero-order valence-corrected chi connectivity index (χ0v) is 12.4. The van der Waals surface area contributed by atoms with Crippen LogP contribution in [0, 0.1) is 0 Å². The van der Waals surface area contributed by atoms with E-state index in [0.717, 1.165) is 37.1 Å². The van der Waals surface area contributed by atoms with Crippen molar-refractivity contribution in [2.24, 2.45) is 5.73 Å². The molecule has 2 N–H and O–H groups in total. The van der Waals surface area contributed by atoms with Crippen molar-refractivity contribution in [3.8, 4) is 0 Å². The van der Waals surface area contributed by atoms with Crippen molar-refractivity contribution >= 4 is 0 Å². The number of rotatable bonds is 5. The summed E-state index contributed by atoms with van der Waals surface area (Å²) in [6.07, 6.45) is 0.254. The molecule has 1 aliphatic rings. The number of benzene rings is 1. The quantitative estimate of drug-likeness (QED) is 0.896. The minimum Gasteiger partial charge on any atom is -0.329 e. The van der Waals surface area contributed by atoms with Crippen molar-refractivity contribution in [2.75, 3.05) is 13.1 Å². The van der Waals surface area contributed by atoms with Gasteiger partial charge in [-0.15, -0.1) is 0 Å². The van der Waals surface area contributed by atoms with Crippen LogP contribution >= 0.6 is 0 Å². The van der Waals surface area contributed by atoms with E-state index in [-0.39, 0.29) is 5.54 Å². The lowest BCUT2D eigenvalue weighted by atomic mass is 9.94. The second-order valence-electron chi connectivity index (χ2n) is 5.84. The lowest BCUT2D eigenvalue weighted by Gasteiger charge is -2.40. The van der Waals surface area contributed by atoms with Gasteiger partial charge in [0, 0.05) is 18.6 Å². The van der Waals surface area contributed by atoms with Crippen LogP contribution < -0.4 is 5.73 Å². The van der Waals surface area contributed by atoms with Crippen molar-refractivity contribution in [1.82, 2.24) is 4.90 Å². The fourth-order valence-corrected chi connectivity index (χ4v) is 3.32. The number of nitrogens with zero attached hydrogens (tertiary/aromatic N) is 1. The minimum absolute atomic E-state index is 0.0252. The summed E-state index contributed by atoms with van der Waals surface area (Å²) in [5.41, 5.74) is 6.33. The molecule has 0 atom stereocenters. The molecule has 0 saturated heterocycles. The van der Waals surface area contributed by atoms with Gasteiger partial charge in [0.15, 0.2) is 0 Å². The highest BCUT2D eigenvalue weighted by Gasteiger charge is 2.37. The van der Waals surface area contributed by atoms with Crippen molar-refractivity contribution in [1.29, 1.82) is 0 Å². The van der Waals surface area contributed by atoms with Crippen LogP contribution in [0.3, 0.4) is 0 Å². The van der Waals surface area contributed by atoms with Crippen molar-refractivity contribution in [2.45, 2.75) is 50.9 Å². The van der Waals surface area contributed by atoms with E-state index in [1.165, 1.54) is 12.8 Å². The van der Waals surface area contributed by atoms with Gasteiger partial charge in [0.05, 0.1) is 5.56 Å². The molecule has 0 bridgehead atoms. The van der Waals surface area contributed by atoms with Gasteiger partial charge in [0.1, 0.15) is 0 Å². The summed E-state index contributed by atoms with van der Waals surface area (Å²) in [7, 11) is 0. The van der Waals surface area contributed by atoms with E-state index in [4.69, 9.17) is 5.73 Å². The standard InChI is InChI=1S/C16H23F3N2/c1-2-21(15(12-20)9-3-4-10-15)11-13-5-7-14(8-6-13)16(17,18)19/h5-8H,2-4,9-12,20H2,1H3. The SMILES string of the molecule is CCN(Cc1ccc(C(F)(F)F)cc1)C1(CN)CCCC1. The average Bonchev–Trinajstić information content (AvgIpc) is 2.94. The predicted molar refractivity (Wildman–Crippen MR) is 77.8 cm³/mol. The topological polar surface area (TPSA) is 29.3 Å². The van der Waals surface area contributed by atoms with Crippen LogP contribution in [0.5, 0.6) is 0 Å². The van der Waals surface area contributed by atoms with Crippen molar-refractivity contribution in [3.63, 3.8) is 0 Å². The fraction of sp³-hybridized carbons (Fsp3) is 0.625. The number of alkyl halides is 3. The van der Waals surface area contributed by atoms with Gasteiger partial charge in [0.2, 0.25) is 0 Å². The first-order valence-corrected chi connectivity index (χ1v) is 7.52. The zero-order valence-electron chi connectivity index (χ0n) is 12.4. The van der Waals surface area contributed by atoms with Gasteiger partial charge in [0.25, 0.3) is 0 Å². The van der Waals surface area contributed by atoms with Crippen molar-refractivity contribution in [3.05, 3.63) is 35.4 Å². The van der Waals surface area contributed by atoms with Gasteiger partial charge < -0.3 is 5.73 Å². The van der Waals surface area contributed by atoms with Crippen molar-refractivity contribution < 1.29 is 13.2 Å². The van der Waals surface area contributed by atoms with Gasteiger partial charge >= 0.3 is 6.18 Å². The third kappa shape index (κ3) is 3.58. The van der Waals surface area contributed by atoms with Gasteiger partial charge in [-0.3, -0.25) is 4.90 Å². The molecule has 1 aromatic carbocycles. The monoisotopic (exact) mass is 300 g/mol. The number of likely N-dealkylation sites (N-methyl/N-ethyl adjacent to an activating group) is 1. The first-order valence-electron chi connectivity index (χ1n) is 7.52. The number of hydrogen-bond acceptors (Lipinski definition) is 2. The lowest BCUT2D eigenvalue weighted by molar-refractivity contribution is -0.137. The average molecular weight is 300 g/mol.